The highest BCUT2D eigenvalue weighted by Gasteiger charge is 2.27. The zero-order chi connectivity index (χ0) is 10.1. The van der Waals surface area contributed by atoms with E-state index < -0.39 is 0 Å². The van der Waals surface area contributed by atoms with Gasteiger partial charge in [-0.2, -0.15) is 0 Å². The number of hydrogen-bond donors (Lipinski definition) is 1. The molecule has 1 saturated heterocycles. The third kappa shape index (κ3) is 1.82. The predicted molar refractivity (Wildman–Crippen MR) is 56.9 cm³/mol. The molecule has 0 bridgehead atoms. The molecule has 0 aromatic carbocycles. The first kappa shape index (κ1) is 9.71. The van der Waals surface area contributed by atoms with Crippen LogP contribution in [0, 0.1) is 11.8 Å². The number of nitrogens with zero attached hydrogens (tertiary/aromatic N) is 2. The lowest BCUT2D eigenvalue weighted by atomic mass is 9.85. The Morgan fingerprint density at radius 3 is 2.86 bits per heavy atom. The molecular weight excluding hydrogens is 174 g/mol. The maximum atomic E-state index is 4.42. The van der Waals surface area contributed by atoms with Crippen LogP contribution in [0.15, 0.2) is 12.5 Å². The first-order valence-corrected chi connectivity index (χ1v) is 5.38. The van der Waals surface area contributed by atoms with Gasteiger partial charge in [0.25, 0.3) is 0 Å². The maximum absolute atomic E-state index is 4.42. The summed E-state index contributed by atoms with van der Waals surface area (Å²) in [5.74, 6) is 1.48. The van der Waals surface area contributed by atoms with Gasteiger partial charge in [0.1, 0.15) is 0 Å². The highest BCUT2D eigenvalue weighted by atomic mass is 15.0. The number of piperidine rings is 1. The molecule has 0 amide bonds. The zero-order valence-electron chi connectivity index (χ0n) is 9.20. The Kier molecular flexibility index (Phi) is 2.59. The predicted octanol–water partition coefficient (Wildman–Crippen LogP) is 1.73. The number of rotatable bonds is 1. The lowest BCUT2D eigenvalue weighted by Gasteiger charge is -2.32. The van der Waals surface area contributed by atoms with Crippen molar-refractivity contribution in [3.05, 3.63) is 18.2 Å². The Labute approximate surface area is 85.5 Å². The molecular formula is C11H19N3. The summed E-state index contributed by atoms with van der Waals surface area (Å²) in [6.07, 6.45) is 5.29. The van der Waals surface area contributed by atoms with Crippen LogP contribution in [0.3, 0.4) is 0 Å². The summed E-state index contributed by atoms with van der Waals surface area (Å²) in [6, 6.07) is 0.451. The van der Waals surface area contributed by atoms with Crippen molar-refractivity contribution in [2.45, 2.75) is 26.3 Å². The van der Waals surface area contributed by atoms with Crippen LogP contribution >= 0.6 is 0 Å². The van der Waals surface area contributed by atoms with Crippen LogP contribution in [0.2, 0.25) is 0 Å². The van der Waals surface area contributed by atoms with Gasteiger partial charge in [-0.05, 0) is 24.8 Å². The Bertz CT molecular complexity index is 305. The summed E-state index contributed by atoms with van der Waals surface area (Å²) in [6.45, 7) is 5.73. The topological polar surface area (TPSA) is 29.9 Å². The molecule has 14 heavy (non-hydrogen) atoms. The number of hydrogen-bond acceptors (Lipinski definition) is 2. The number of aryl methyl sites for hydroxylation is 1. The van der Waals surface area contributed by atoms with E-state index in [1.54, 1.807) is 0 Å². The summed E-state index contributed by atoms with van der Waals surface area (Å²) in [5, 5.41) is 3.57. The average molecular weight is 193 g/mol. The van der Waals surface area contributed by atoms with E-state index in [1.165, 1.54) is 12.1 Å². The average Bonchev–Trinajstić information content (AvgIpc) is 2.51. The van der Waals surface area contributed by atoms with E-state index in [0.29, 0.717) is 12.0 Å². The minimum atomic E-state index is 0.451. The lowest BCUT2D eigenvalue weighted by molar-refractivity contribution is 0.243. The third-order valence-corrected chi connectivity index (χ3v) is 3.07. The second kappa shape index (κ2) is 3.73. The molecule has 3 heteroatoms. The van der Waals surface area contributed by atoms with Crippen LogP contribution in [0.25, 0.3) is 0 Å². The van der Waals surface area contributed by atoms with E-state index >= 15 is 0 Å². The normalized spacial score (nSPS) is 33.2. The van der Waals surface area contributed by atoms with Crippen molar-refractivity contribution in [2.24, 2.45) is 18.9 Å². The fourth-order valence-electron chi connectivity index (χ4n) is 2.37. The minimum absolute atomic E-state index is 0.451. The Morgan fingerprint density at radius 2 is 2.29 bits per heavy atom. The summed E-state index contributed by atoms with van der Waals surface area (Å²) < 4.78 is 2.02. The second-order valence-corrected chi connectivity index (χ2v) is 4.67. The molecule has 3 nitrogen and oxygen atoms in total. The molecule has 1 aliphatic heterocycles. The SMILES string of the molecule is CC1CNC(c2cn(C)cn2)C(C)C1. The van der Waals surface area contributed by atoms with Crippen LogP contribution < -0.4 is 5.32 Å². The molecule has 0 spiro atoms. The van der Waals surface area contributed by atoms with E-state index in [-0.39, 0.29) is 0 Å². The molecule has 0 saturated carbocycles. The van der Waals surface area contributed by atoms with Crippen molar-refractivity contribution < 1.29 is 0 Å². The van der Waals surface area contributed by atoms with Crippen LogP contribution in [0.5, 0.6) is 0 Å². The van der Waals surface area contributed by atoms with Crippen molar-refractivity contribution in [3.63, 3.8) is 0 Å². The van der Waals surface area contributed by atoms with Crippen molar-refractivity contribution in [1.82, 2.24) is 14.9 Å². The number of nitrogens with one attached hydrogen (secondary N) is 1. The molecule has 1 aliphatic rings. The van der Waals surface area contributed by atoms with Crippen LogP contribution in [-0.4, -0.2) is 16.1 Å². The van der Waals surface area contributed by atoms with E-state index in [2.05, 4.69) is 30.3 Å². The van der Waals surface area contributed by atoms with Crippen molar-refractivity contribution in [3.8, 4) is 0 Å². The van der Waals surface area contributed by atoms with Gasteiger partial charge in [-0.3, -0.25) is 0 Å². The van der Waals surface area contributed by atoms with E-state index in [1.807, 2.05) is 17.9 Å². The van der Waals surface area contributed by atoms with Crippen LogP contribution in [0.4, 0.5) is 0 Å². The monoisotopic (exact) mass is 193 g/mol. The van der Waals surface area contributed by atoms with Gasteiger partial charge in [-0.1, -0.05) is 13.8 Å². The van der Waals surface area contributed by atoms with Crippen LogP contribution in [-0.2, 0) is 7.05 Å². The highest BCUT2D eigenvalue weighted by molar-refractivity contribution is 5.06. The lowest BCUT2D eigenvalue weighted by Crippen LogP contribution is -2.37. The van der Waals surface area contributed by atoms with Gasteiger partial charge < -0.3 is 9.88 Å². The van der Waals surface area contributed by atoms with Gasteiger partial charge in [0.15, 0.2) is 0 Å². The fraction of sp³-hybridized carbons (Fsp3) is 0.727. The summed E-state index contributed by atoms with van der Waals surface area (Å²) in [4.78, 5) is 4.42. The molecule has 2 heterocycles. The first-order valence-electron chi connectivity index (χ1n) is 5.38. The first-order chi connectivity index (χ1) is 6.66. The highest BCUT2D eigenvalue weighted by Crippen LogP contribution is 2.29. The van der Waals surface area contributed by atoms with Crippen molar-refractivity contribution in [1.29, 1.82) is 0 Å². The smallest absolute Gasteiger partial charge is 0.0947 e. The molecule has 0 aliphatic carbocycles. The molecule has 1 N–H and O–H groups in total. The standard InChI is InChI=1S/C11H19N3/c1-8-4-9(2)11(12-5-8)10-6-14(3)7-13-10/h6-9,11-12H,4-5H2,1-3H3. The van der Waals surface area contributed by atoms with Crippen molar-refractivity contribution in [2.75, 3.05) is 6.54 Å². The molecule has 3 atom stereocenters. The van der Waals surface area contributed by atoms with E-state index in [4.69, 9.17) is 0 Å². The van der Waals surface area contributed by atoms with E-state index in [9.17, 15) is 0 Å². The summed E-state index contributed by atoms with van der Waals surface area (Å²) >= 11 is 0. The van der Waals surface area contributed by atoms with Gasteiger partial charge in [0, 0.05) is 13.2 Å². The summed E-state index contributed by atoms with van der Waals surface area (Å²) in [7, 11) is 2.02. The Morgan fingerprint density at radius 1 is 1.50 bits per heavy atom. The van der Waals surface area contributed by atoms with Gasteiger partial charge in [0.05, 0.1) is 18.1 Å². The minimum Gasteiger partial charge on any atom is -0.340 e. The van der Waals surface area contributed by atoms with Gasteiger partial charge in [-0.15, -0.1) is 0 Å². The largest absolute Gasteiger partial charge is 0.340 e. The quantitative estimate of drug-likeness (QED) is 0.736. The molecule has 78 valence electrons. The number of aromatic nitrogens is 2. The van der Waals surface area contributed by atoms with Crippen LogP contribution in [0.1, 0.15) is 32.0 Å². The molecule has 1 aromatic rings. The molecule has 0 radical (unpaired) electrons. The summed E-state index contributed by atoms with van der Waals surface area (Å²) in [5.41, 5.74) is 1.19. The van der Waals surface area contributed by atoms with Gasteiger partial charge >= 0.3 is 0 Å². The third-order valence-electron chi connectivity index (χ3n) is 3.07. The number of imidazole rings is 1. The van der Waals surface area contributed by atoms with Crippen molar-refractivity contribution >= 4 is 0 Å². The van der Waals surface area contributed by atoms with Gasteiger partial charge in [0.2, 0.25) is 0 Å². The molecule has 3 unspecified atom stereocenters. The van der Waals surface area contributed by atoms with E-state index in [0.717, 1.165) is 12.5 Å². The molecule has 1 aromatic heterocycles. The Balaban J connectivity index is 2.11. The second-order valence-electron chi connectivity index (χ2n) is 4.67. The van der Waals surface area contributed by atoms with Gasteiger partial charge in [-0.25, -0.2) is 4.98 Å². The molecule has 2 rings (SSSR count). The maximum Gasteiger partial charge on any atom is 0.0947 e. The fourth-order valence-corrected chi connectivity index (χ4v) is 2.37. The molecule has 1 fully saturated rings. The Hall–Kier alpha value is -0.830. The zero-order valence-corrected chi connectivity index (χ0v) is 9.20.